The lowest BCUT2D eigenvalue weighted by Crippen LogP contribution is -2.20. The van der Waals surface area contributed by atoms with Crippen LogP contribution in [0.5, 0.6) is 0 Å². The smallest absolute Gasteiger partial charge is 0.246 e. The molecule has 2 N–H and O–H groups in total. The second-order valence-electron chi connectivity index (χ2n) is 2.82. The Bertz CT molecular complexity index is 317. The van der Waals surface area contributed by atoms with Crippen LogP contribution in [0.1, 0.15) is 11.5 Å². The second kappa shape index (κ2) is 4.79. The summed E-state index contributed by atoms with van der Waals surface area (Å²) in [6, 6.07) is 4.03. The van der Waals surface area contributed by atoms with E-state index in [0.717, 1.165) is 0 Å². The maximum Gasteiger partial charge on any atom is 0.246 e. The Kier molecular flexibility index (Phi) is 3.95. The zero-order valence-corrected chi connectivity index (χ0v) is 8.77. The van der Waals surface area contributed by atoms with Crippen molar-refractivity contribution in [2.24, 2.45) is 5.73 Å². The molecule has 0 amide bonds. The van der Waals surface area contributed by atoms with Crippen LogP contribution in [0.15, 0.2) is 22.7 Å². The average molecular weight is 268 g/mol. The molecular weight excluding hydrogens is 259 g/mol. The predicted molar refractivity (Wildman–Crippen MR) is 51.9 cm³/mol. The lowest BCUT2D eigenvalue weighted by molar-refractivity contribution is 0.116. The van der Waals surface area contributed by atoms with Crippen molar-refractivity contribution in [1.29, 1.82) is 0 Å². The third-order valence-electron chi connectivity index (χ3n) is 1.94. The topological polar surface area (TPSA) is 26.0 Å². The molecule has 1 unspecified atom stereocenters. The SMILES string of the molecule is NCC(c1cccc(F)c1Br)C(F)F. The third-order valence-corrected chi connectivity index (χ3v) is 2.78. The van der Waals surface area contributed by atoms with Crippen molar-refractivity contribution in [2.75, 3.05) is 6.54 Å². The Balaban J connectivity index is 3.10. The van der Waals surface area contributed by atoms with E-state index in [4.69, 9.17) is 5.73 Å². The van der Waals surface area contributed by atoms with Gasteiger partial charge >= 0.3 is 0 Å². The van der Waals surface area contributed by atoms with Gasteiger partial charge in [-0.15, -0.1) is 0 Å². The zero-order chi connectivity index (χ0) is 10.7. The molecule has 0 heterocycles. The van der Waals surface area contributed by atoms with Crippen molar-refractivity contribution in [1.82, 2.24) is 0 Å². The minimum atomic E-state index is -2.59. The van der Waals surface area contributed by atoms with Crippen LogP contribution in [0.2, 0.25) is 0 Å². The van der Waals surface area contributed by atoms with E-state index in [1.807, 2.05) is 0 Å². The number of rotatable bonds is 3. The molecular formula is C9H9BrF3N. The predicted octanol–water partition coefficient (Wildman–Crippen LogP) is 2.90. The normalized spacial score (nSPS) is 13.3. The fraction of sp³-hybridized carbons (Fsp3) is 0.333. The second-order valence-corrected chi connectivity index (χ2v) is 3.61. The Morgan fingerprint density at radius 2 is 2.00 bits per heavy atom. The van der Waals surface area contributed by atoms with Crippen LogP contribution in [0.4, 0.5) is 13.2 Å². The first-order valence-electron chi connectivity index (χ1n) is 4.00. The van der Waals surface area contributed by atoms with Crippen molar-refractivity contribution < 1.29 is 13.2 Å². The highest BCUT2D eigenvalue weighted by molar-refractivity contribution is 9.10. The largest absolute Gasteiger partial charge is 0.330 e. The van der Waals surface area contributed by atoms with Crippen LogP contribution in [0.3, 0.4) is 0 Å². The molecule has 0 saturated carbocycles. The fourth-order valence-corrected chi connectivity index (χ4v) is 1.73. The maximum atomic E-state index is 13.0. The van der Waals surface area contributed by atoms with Crippen LogP contribution < -0.4 is 5.73 Å². The highest BCUT2D eigenvalue weighted by Gasteiger charge is 2.23. The van der Waals surface area contributed by atoms with E-state index in [9.17, 15) is 13.2 Å². The minimum absolute atomic E-state index is 0.0655. The Labute approximate surface area is 88.2 Å². The molecule has 0 fully saturated rings. The van der Waals surface area contributed by atoms with E-state index in [-0.39, 0.29) is 16.6 Å². The van der Waals surface area contributed by atoms with Gasteiger partial charge in [0.2, 0.25) is 6.43 Å². The molecule has 5 heteroatoms. The molecule has 0 bridgehead atoms. The summed E-state index contributed by atoms with van der Waals surface area (Å²) in [7, 11) is 0. The van der Waals surface area contributed by atoms with Gasteiger partial charge in [-0.05, 0) is 27.6 Å². The summed E-state index contributed by atoms with van der Waals surface area (Å²) >= 11 is 2.93. The summed E-state index contributed by atoms with van der Waals surface area (Å²) in [4.78, 5) is 0. The quantitative estimate of drug-likeness (QED) is 0.896. The van der Waals surface area contributed by atoms with Crippen LogP contribution in [0.25, 0.3) is 0 Å². The van der Waals surface area contributed by atoms with Gasteiger partial charge in [0.1, 0.15) is 5.82 Å². The summed E-state index contributed by atoms with van der Waals surface area (Å²) in [5, 5.41) is 0. The van der Waals surface area contributed by atoms with E-state index < -0.39 is 18.2 Å². The number of halogens is 4. The Morgan fingerprint density at radius 1 is 1.36 bits per heavy atom. The van der Waals surface area contributed by atoms with Gasteiger partial charge < -0.3 is 5.73 Å². The molecule has 0 aliphatic rings. The van der Waals surface area contributed by atoms with E-state index in [0.29, 0.717) is 0 Å². The molecule has 0 spiro atoms. The number of alkyl halides is 2. The van der Waals surface area contributed by atoms with Crippen LogP contribution in [-0.4, -0.2) is 13.0 Å². The summed E-state index contributed by atoms with van der Waals surface area (Å²) in [6.07, 6.45) is -2.59. The lowest BCUT2D eigenvalue weighted by Gasteiger charge is -2.15. The molecule has 1 aromatic carbocycles. The summed E-state index contributed by atoms with van der Waals surface area (Å²) < 4.78 is 38.0. The Hall–Kier alpha value is -0.550. The van der Waals surface area contributed by atoms with Crippen LogP contribution in [0, 0.1) is 5.82 Å². The summed E-state index contributed by atoms with van der Waals surface area (Å²) in [5.41, 5.74) is 5.41. The van der Waals surface area contributed by atoms with Gasteiger partial charge in [0.25, 0.3) is 0 Å². The van der Waals surface area contributed by atoms with Gasteiger partial charge in [-0.25, -0.2) is 13.2 Å². The standard InChI is InChI=1S/C9H9BrF3N/c10-8-5(2-1-3-7(8)11)6(4-14)9(12)13/h1-3,6,9H,4,14H2. The molecule has 0 saturated heterocycles. The zero-order valence-electron chi connectivity index (χ0n) is 7.18. The van der Waals surface area contributed by atoms with Gasteiger partial charge in [-0.2, -0.15) is 0 Å². The molecule has 0 radical (unpaired) electrons. The number of hydrogen-bond donors (Lipinski definition) is 1. The molecule has 0 aliphatic heterocycles. The molecule has 1 nitrogen and oxygen atoms in total. The van der Waals surface area contributed by atoms with E-state index in [1.54, 1.807) is 0 Å². The van der Waals surface area contributed by atoms with Gasteiger partial charge in [0.15, 0.2) is 0 Å². The van der Waals surface area contributed by atoms with Gasteiger partial charge in [0.05, 0.1) is 10.4 Å². The molecule has 1 rings (SSSR count). The lowest BCUT2D eigenvalue weighted by atomic mass is 10.00. The summed E-state index contributed by atoms with van der Waals surface area (Å²) in [5.74, 6) is -1.68. The monoisotopic (exact) mass is 267 g/mol. The van der Waals surface area contributed by atoms with E-state index >= 15 is 0 Å². The Morgan fingerprint density at radius 3 is 2.50 bits per heavy atom. The molecule has 78 valence electrons. The fourth-order valence-electron chi connectivity index (χ4n) is 1.17. The van der Waals surface area contributed by atoms with Crippen molar-refractivity contribution in [2.45, 2.75) is 12.3 Å². The van der Waals surface area contributed by atoms with Crippen LogP contribution in [-0.2, 0) is 0 Å². The molecule has 14 heavy (non-hydrogen) atoms. The number of benzene rings is 1. The van der Waals surface area contributed by atoms with Gasteiger partial charge in [-0.3, -0.25) is 0 Å². The molecule has 1 atom stereocenters. The minimum Gasteiger partial charge on any atom is -0.330 e. The third kappa shape index (κ3) is 2.27. The number of nitrogens with two attached hydrogens (primary N) is 1. The maximum absolute atomic E-state index is 13.0. The number of hydrogen-bond acceptors (Lipinski definition) is 1. The highest BCUT2D eigenvalue weighted by atomic mass is 79.9. The van der Waals surface area contributed by atoms with Crippen molar-refractivity contribution in [3.05, 3.63) is 34.1 Å². The van der Waals surface area contributed by atoms with Gasteiger partial charge in [0, 0.05) is 6.54 Å². The van der Waals surface area contributed by atoms with E-state index in [1.165, 1.54) is 18.2 Å². The first-order chi connectivity index (χ1) is 6.57. The van der Waals surface area contributed by atoms with Crippen molar-refractivity contribution in [3.63, 3.8) is 0 Å². The molecule has 0 aliphatic carbocycles. The van der Waals surface area contributed by atoms with E-state index in [2.05, 4.69) is 15.9 Å². The van der Waals surface area contributed by atoms with Crippen molar-refractivity contribution in [3.8, 4) is 0 Å². The first kappa shape index (κ1) is 11.5. The van der Waals surface area contributed by atoms with Crippen molar-refractivity contribution >= 4 is 15.9 Å². The average Bonchev–Trinajstić information content (AvgIpc) is 2.13. The molecule has 0 aromatic heterocycles. The molecule has 1 aromatic rings. The van der Waals surface area contributed by atoms with Gasteiger partial charge in [-0.1, -0.05) is 12.1 Å². The summed E-state index contributed by atoms with van der Waals surface area (Å²) in [6.45, 7) is -0.209. The first-order valence-corrected chi connectivity index (χ1v) is 4.79. The van der Waals surface area contributed by atoms with Crippen LogP contribution >= 0.6 is 15.9 Å². The highest BCUT2D eigenvalue weighted by Crippen LogP contribution is 2.30.